The second-order valence-electron chi connectivity index (χ2n) is 9.13. The van der Waals surface area contributed by atoms with Crippen LogP contribution < -0.4 is 15.1 Å². The largest absolute Gasteiger partial charge is 0.497 e. The van der Waals surface area contributed by atoms with Crippen molar-refractivity contribution >= 4 is 34.2 Å². The highest BCUT2D eigenvalue weighted by molar-refractivity contribution is 6.31. The summed E-state index contributed by atoms with van der Waals surface area (Å²) in [5, 5.41) is 20.0. The van der Waals surface area contributed by atoms with Crippen molar-refractivity contribution < 1.29 is 33.6 Å². The van der Waals surface area contributed by atoms with Crippen LogP contribution in [0.4, 0.5) is 10.1 Å². The first kappa shape index (κ1) is 27.8. The maximum atomic E-state index is 15.3. The number of nitrogens with zero attached hydrogens (tertiary/aromatic N) is 2. The lowest BCUT2D eigenvalue weighted by Gasteiger charge is -2.29. The van der Waals surface area contributed by atoms with Gasteiger partial charge in [0.05, 0.1) is 55.0 Å². The van der Waals surface area contributed by atoms with Crippen molar-refractivity contribution in [2.45, 2.75) is 25.5 Å². The van der Waals surface area contributed by atoms with Crippen molar-refractivity contribution in [1.29, 1.82) is 0 Å². The third kappa shape index (κ3) is 5.35. The molecule has 0 saturated carbocycles. The van der Waals surface area contributed by atoms with Gasteiger partial charge in [0.1, 0.15) is 17.1 Å². The van der Waals surface area contributed by atoms with Gasteiger partial charge in [0.2, 0.25) is 5.43 Å². The zero-order valence-electron chi connectivity index (χ0n) is 21.4. The van der Waals surface area contributed by atoms with Crippen molar-refractivity contribution in [3.05, 3.63) is 68.2 Å². The van der Waals surface area contributed by atoms with Crippen LogP contribution in [0.3, 0.4) is 0 Å². The molecule has 0 aliphatic carbocycles. The number of aliphatic hydroxyl groups is 1. The molecule has 1 aliphatic heterocycles. The molecule has 38 heavy (non-hydrogen) atoms. The minimum Gasteiger partial charge on any atom is -0.497 e. The number of carboxylic acids is 1. The highest BCUT2D eigenvalue weighted by Crippen LogP contribution is 2.33. The molecule has 2 N–H and O–H groups in total. The summed E-state index contributed by atoms with van der Waals surface area (Å²) in [6.45, 7) is 3.65. The highest BCUT2D eigenvalue weighted by Gasteiger charge is 2.26. The topological polar surface area (TPSA) is 110 Å². The summed E-state index contributed by atoms with van der Waals surface area (Å²) in [5.41, 5.74) is 0.444. The first-order valence-electron chi connectivity index (χ1n) is 12.1. The van der Waals surface area contributed by atoms with Gasteiger partial charge in [0.15, 0.2) is 0 Å². The Bertz CT molecular complexity index is 1400. The molecule has 204 valence electrons. The molecule has 2 heterocycles. The van der Waals surface area contributed by atoms with Gasteiger partial charge in [-0.25, -0.2) is 9.18 Å². The molecule has 0 amide bonds. The summed E-state index contributed by atoms with van der Waals surface area (Å²) in [6.07, 6.45) is 0.617. The molecule has 3 aromatic rings. The van der Waals surface area contributed by atoms with Crippen molar-refractivity contribution in [3.63, 3.8) is 0 Å². The van der Waals surface area contributed by atoms with E-state index in [9.17, 15) is 19.8 Å². The SMILES string of the molecule is COc1cc(Cc2cc(N3CCOCC3)cc(Cl)c2F)c2c(=O)c(C(=O)O)cn([C@H](CO)[C@H](C)OC)c2c1. The van der Waals surface area contributed by atoms with E-state index in [0.717, 1.165) is 5.69 Å². The summed E-state index contributed by atoms with van der Waals surface area (Å²) in [4.78, 5) is 27.6. The summed E-state index contributed by atoms with van der Waals surface area (Å²) in [7, 11) is 2.92. The smallest absolute Gasteiger partial charge is 0.341 e. The van der Waals surface area contributed by atoms with Gasteiger partial charge in [-0.1, -0.05) is 11.6 Å². The Morgan fingerprint density at radius 3 is 2.50 bits per heavy atom. The van der Waals surface area contributed by atoms with E-state index >= 15 is 4.39 Å². The van der Waals surface area contributed by atoms with Crippen LogP contribution in [0, 0.1) is 5.82 Å². The first-order valence-corrected chi connectivity index (χ1v) is 12.5. The number of hydrogen-bond donors (Lipinski definition) is 2. The van der Waals surface area contributed by atoms with Gasteiger partial charge in [-0.15, -0.1) is 0 Å². The van der Waals surface area contributed by atoms with Crippen LogP contribution in [0.5, 0.6) is 5.75 Å². The van der Waals surface area contributed by atoms with Crippen LogP contribution in [0.15, 0.2) is 35.3 Å². The Morgan fingerprint density at radius 2 is 1.89 bits per heavy atom. The number of pyridine rings is 1. The molecule has 1 aliphatic rings. The number of methoxy groups -OCH3 is 2. The number of aliphatic hydroxyl groups excluding tert-OH is 1. The van der Waals surface area contributed by atoms with Crippen LogP contribution >= 0.6 is 11.6 Å². The van der Waals surface area contributed by atoms with E-state index < -0.39 is 34.9 Å². The fourth-order valence-electron chi connectivity index (χ4n) is 4.80. The summed E-state index contributed by atoms with van der Waals surface area (Å²) in [6, 6.07) is 5.70. The zero-order chi connectivity index (χ0) is 27.6. The van der Waals surface area contributed by atoms with Crippen LogP contribution in [0.25, 0.3) is 10.9 Å². The minimum absolute atomic E-state index is 0.0562. The molecule has 9 nitrogen and oxygen atoms in total. The second kappa shape index (κ2) is 11.7. The van der Waals surface area contributed by atoms with Crippen LogP contribution in [0.2, 0.25) is 5.02 Å². The molecule has 11 heteroatoms. The van der Waals surface area contributed by atoms with E-state index in [1.54, 1.807) is 31.2 Å². The predicted octanol–water partition coefficient (Wildman–Crippen LogP) is 3.50. The van der Waals surface area contributed by atoms with Crippen LogP contribution in [-0.4, -0.2) is 74.0 Å². The van der Waals surface area contributed by atoms with Gasteiger partial charge in [-0.3, -0.25) is 4.79 Å². The van der Waals surface area contributed by atoms with Gasteiger partial charge in [0, 0.05) is 44.6 Å². The number of aromatic carboxylic acids is 1. The number of carboxylic acid groups (broad SMARTS) is 1. The normalized spacial score (nSPS) is 15.5. The number of hydrogen-bond acceptors (Lipinski definition) is 7. The average molecular weight is 549 g/mol. The molecule has 2 aromatic carbocycles. The fraction of sp³-hybridized carbons (Fsp3) is 0.407. The van der Waals surface area contributed by atoms with Gasteiger partial charge in [-0.05, 0) is 36.2 Å². The summed E-state index contributed by atoms with van der Waals surface area (Å²) >= 11 is 6.27. The minimum atomic E-state index is -1.42. The number of morpholine rings is 1. The number of carbonyl (C=O) groups is 1. The van der Waals surface area contributed by atoms with Crippen molar-refractivity contribution in [1.82, 2.24) is 4.57 Å². The molecule has 0 unspecified atom stereocenters. The number of aromatic nitrogens is 1. The number of ether oxygens (including phenoxy) is 3. The Morgan fingerprint density at radius 1 is 1.18 bits per heavy atom. The maximum absolute atomic E-state index is 15.3. The summed E-state index contributed by atoms with van der Waals surface area (Å²) in [5.74, 6) is -1.67. The van der Waals surface area contributed by atoms with E-state index in [0.29, 0.717) is 43.1 Å². The highest BCUT2D eigenvalue weighted by atomic mass is 35.5. The Kier molecular flexibility index (Phi) is 8.57. The number of benzene rings is 2. The first-order chi connectivity index (χ1) is 18.2. The van der Waals surface area contributed by atoms with Crippen molar-refractivity contribution in [2.75, 3.05) is 52.0 Å². The van der Waals surface area contributed by atoms with Gasteiger partial charge in [-0.2, -0.15) is 0 Å². The molecule has 1 saturated heterocycles. The standard InChI is InChI=1S/C27H30ClFN2O7/c1-15(36-2)23(14-32)31-13-20(27(34)35)26(33)24-16(10-19(37-3)12-22(24)31)8-17-9-18(11-21(28)25(17)29)30-4-6-38-7-5-30/h9-13,15,23,32H,4-8,14H2,1-3H3,(H,34,35)/t15-,23+/m0/s1. The van der Waals surface area contributed by atoms with Crippen molar-refractivity contribution in [2.24, 2.45) is 0 Å². The molecule has 2 atom stereocenters. The molecule has 1 fully saturated rings. The number of anilines is 1. The van der Waals surface area contributed by atoms with Gasteiger partial charge >= 0.3 is 5.97 Å². The molecule has 1 aromatic heterocycles. The van der Waals surface area contributed by atoms with E-state index in [4.69, 9.17) is 25.8 Å². The van der Waals surface area contributed by atoms with Crippen LogP contribution in [-0.2, 0) is 15.9 Å². The molecule has 0 radical (unpaired) electrons. The lowest BCUT2D eigenvalue weighted by atomic mass is 9.97. The number of halogens is 2. The van der Waals surface area contributed by atoms with Crippen molar-refractivity contribution in [3.8, 4) is 5.75 Å². The number of rotatable bonds is 9. The van der Waals surface area contributed by atoms with E-state index in [1.165, 1.54) is 25.0 Å². The van der Waals surface area contributed by atoms with E-state index in [2.05, 4.69) is 0 Å². The fourth-order valence-corrected chi connectivity index (χ4v) is 5.03. The molecule has 0 spiro atoms. The average Bonchev–Trinajstić information content (AvgIpc) is 2.92. The zero-order valence-corrected chi connectivity index (χ0v) is 22.1. The molecule has 4 rings (SSSR count). The lowest BCUT2D eigenvalue weighted by molar-refractivity contribution is 0.0456. The van der Waals surface area contributed by atoms with E-state index in [-0.39, 0.29) is 29.0 Å². The number of fused-ring (bicyclic) bond motifs is 1. The Labute approximate surface area is 223 Å². The molecular weight excluding hydrogens is 519 g/mol. The monoisotopic (exact) mass is 548 g/mol. The third-order valence-corrected chi connectivity index (χ3v) is 7.24. The molecular formula is C27H30ClFN2O7. The quantitative estimate of drug-likeness (QED) is 0.418. The summed E-state index contributed by atoms with van der Waals surface area (Å²) < 4.78 is 33.1. The Balaban J connectivity index is 1.97. The van der Waals surface area contributed by atoms with Gasteiger partial charge in [0.25, 0.3) is 0 Å². The lowest BCUT2D eigenvalue weighted by Crippen LogP contribution is -2.36. The Hall–Kier alpha value is -3.18. The third-order valence-electron chi connectivity index (χ3n) is 6.96. The van der Waals surface area contributed by atoms with E-state index in [1.807, 2.05) is 4.90 Å². The maximum Gasteiger partial charge on any atom is 0.341 e. The molecule has 0 bridgehead atoms. The predicted molar refractivity (Wildman–Crippen MR) is 142 cm³/mol. The van der Waals surface area contributed by atoms with Crippen LogP contribution in [0.1, 0.15) is 34.5 Å². The van der Waals surface area contributed by atoms with Gasteiger partial charge < -0.3 is 33.9 Å². The second-order valence-corrected chi connectivity index (χ2v) is 9.54.